The van der Waals surface area contributed by atoms with Gasteiger partial charge in [0, 0.05) is 17.8 Å². The summed E-state index contributed by atoms with van der Waals surface area (Å²) in [7, 11) is 0. The van der Waals surface area contributed by atoms with Crippen LogP contribution in [0.4, 0.5) is 5.82 Å². The number of aromatic nitrogens is 2. The first kappa shape index (κ1) is 13.8. The fourth-order valence-corrected chi connectivity index (χ4v) is 3.88. The molecule has 1 atom stereocenters. The van der Waals surface area contributed by atoms with Crippen molar-refractivity contribution in [1.29, 1.82) is 0 Å². The third-order valence-corrected chi connectivity index (χ3v) is 4.75. The first-order valence-corrected chi connectivity index (χ1v) is 7.81. The first-order valence-electron chi connectivity index (χ1n) is 7.81. The molecule has 2 heterocycles. The smallest absolute Gasteiger partial charge is 0.145 e. The van der Waals surface area contributed by atoms with Crippen LogP contribution in [0.3, 0.4) is 0 Å². The fourth-order valence-electron chi connectivity index (χ4n) is 3.88. The summed E-state index contributed by atoms with van der Waals surface area (Å²) in [6.45, 7) is 4.03. The number of nitrogen functional groups attached to an aromatic ring is 1. The summed E-state index contributed by atoms with van der Waals surface area (Å²) >= 11 is 0. The third-order valence-electron chi connectivity index (χ3n) is 4.75. The topological polar surface area (TPSA) is 67.1 Å². The Morgan fingerprint density at radius 3 is 2.80 bits per heavy atom. The molecule has 5 nitrogen and oxygen atoms in total. The largest absolute Gasteiger partial charge is 0.308 e. The SMILES string of the molecule is Cc1cc(NN)nc(CN2CCCC2C2CCCC2)n1. The van der Waals surface area contributed by atoms with Crippen molar-refractivity contribution >= 4 is 5.82 Å². The van der Waals surface area contributed by atoms with E-state index in [2.05, 4.69) is 20.3 Å². The van der Waals surface area contributed by atoms with E-state index < -0.39 is 0 Å². The van der Waals surface area contributed by atoms with Crippen LogP contribution >= 0.6 is 0 Å². The van der Waals surface area contributed by atoms with E-state index in [1.54, 1.807) is 0 Å². The van der Waals surface area contributed by atoms with Crippen molar-refractivity contribution in [3.63, 3.8) is 0 Å². The van der Waals surface area contributed by atoms with E-state index in [0.717, 1.165) is 30.0 Å². The molecule has 1 saturated carbocycles. The molecule has 20 heavy (non-hydrogen) atoms. The summed E-state index contributed by atoms with van der Waals surface area (Å²) in [5.74, 6) is 7.97. The number of hydrogen-bond acceptors (Lipinski definition) is 5. The van der Waals surface area contributed by atoms with Crippen molar-refractivity contribution < 1.29 is 0 Å². The van der Waals surface area contributed by atoms with Crippen LogP contribution in [-0.4, -0.2) is 27.5 Å². The molecule has 0 aromatic carbocycles. The second kappa shape index (κ2) is 6.06. The van der Waals surface area contributed by atoms with Gasteiger partial charge in [-0.25, -0.2) is 15.8 Å². The molecular formula is C15H25N5. The molecule has 110 valence electrons. The molecule has 1 aromatic rings. The number of nitrogens with one attached hydrogen (secondary N) is 1. The highest BCUT2D eigenvalue weighted by Crippen LogP contribution is 2.35. The zero-order valence-corrected chi connectivity index (χ0v) is 12.3. The standard InChI is InChI=1S/C15H25N5/c1-11-9-14(19-16)18-15(17-11)10-20-8-4-7-13(20)12-5-2-3-6-12/h9,12-13H,2-8,10,16H2,1H3,(H,17,18,19). The van der Waals surface area contributed by atoms with Gasteiger partial charge in [0.05, 0.1) is 6.54 Å². The van der Waals surface area contributed by atoms with E-state index in [1.807, 2.05) is 13.0 Å². The van der Waals surface area contributed by atoms with Crippen LogP contribution in [-0.2, 0) is 6.54 Å². The average Bonchev–Trinajstić information content (AvgIpc) is 3.08. The maximum Gasteiger partial charge on any atom is 0.145 e. The minimum absolute atomic E-state index is 0.712. The van der Waals surface area contributed by atoms with Gasteiger partial charge in [0.2, 0.25) is 0 Å². The Hall–Kier alpha value is -1.20. The number of hydrogen-bond donors (Lipinski definition) is 2. The lowest BCUT2D eigenvalue weighted by atomic mass is 9.96. The molecule has 1 saturated heterocycles. The molecule has 5 heteroatoms. The monoisotopic (exact) mass is 275 g/mol. The third kappa shape index (κ3) is 2.94. The summed E-state index contributed by atoms with van der Waals surface area (Å²) in [6, 6.07) is 2.62. The van der Waals surface area contributed by atoms with E-state index in [-0.39, 0.29) is 0 Å². The zero-order valence-electron chi connectivity index (χ0n) is 12.3. The molecule has 1 aromatic heterocycles. The highest BCUT2D eigenvalue weighted by atomic mass is 15.3. The molecule has 2 aliphatic rings. The molecule has 0 amide bonds. The zero-order chi connectivity index (χ0) is 13.9. The minimum atomic E-state index is 0.712. The van der Waals surface area contributed by atoms with Gasteiger partial charge in [-0.15, -0.1) is 0 Å². The van der Waals surface area contributed by atoms with Crippen LogP contribution in [0, 0.1) is 12.8 Å². The number of likely N-dealkylation sites (tertiary alicyclic amines) is 1. The molecule has 2 fully saturated rings. The fraction of sp³-hybridized carbons (Fsp3) is 0.733. The second-order valence-electron chi connectivity index (χ2n) is 6.18. The van der Waals surface area contributed by atoms with Gasteiger partial charge < -0.3 is 5.43 Å². The quantitative estimate of drug-likeness (QED) is 0.651. The van der Waals surface area contributed by atoms with Crippen molar-refractivity contribution in [2.75, 3.05) is 12.0 Å². The predicted octanol–water partition coefficient (Wildman–Crippen LogP) is 2.23. The summed E-state index contributed by atoms with van der Waals surface area (Å²) in [5, 5.41) is 0. The van der Waals surface area contributed by atoms with Gasteiger partial charge in [-0.05, 0) is 45.1 Å². The van der Waals surface area contributed by atoms with Gasteiger partial charge in [-0.2, -0.15) is 0 Å². The highest BCUT2D eigenvalue weighted by molar-refractivity contribution is 5.33. The molecule has 1 aliphatic carbocycles. The number of nitrogens with zero attached hydrogens (tertiary/aromatic N) is 3. The molecule has 3 N–H and O–H groups in total. The predicted molar refractivity (Wildman–Crippen MR) is 80.0 cm³/mol. The van der Waals surface area contributed by atoms with E-state index in [9.17, 15) is 0 Å². The van der Waals surface area contributed by atoms with Gasteiger partial charge in [-0.3, -0.25) is 4.90 Å². The molecule has 1 aliphatic heterocycles. The van der Waals surface area contributed by atoms with Crippen molar-refractivity contribution in [2.24, 2.45) is 11.8 Å². The molecule has 0 bridgehead atoms. The van der Waals surface area contributed by atoms with Crippen LogP contribution in [0.2, 0.25) is 0 Å². The Morgan fingerprint density at radius 1 is 1.25 bits per heavy atom. The van der Waals surface area contributed by atoms with E-state index in [4.69, 9.17) is 5.84 Å². The van der Waals surface area contributed by atoms with Crippen molar-refractivity contribution in [1.82, 2.24) is 14.9 Å². The maximum atomic E-state index is 5.47. The normalized spacial score (nSPS) is 24.4. The Balaban J connectivity index is 1.71. The average molecular weight is 275 g/mol. The van der Waals surface area contributed by atoms with Crippen molar-refractivity contribution in [3.05, 3.63) is 17.6 Å². The van der Waals surface area contributed by atoms with Crippen LogP contribution in [0.15, 0.2) is 6.07 Å². The minimum Gasteiger partial charge on any atom is -0.308 e. The van der Waals surface area contributed by atoms with Gasteiger partial charge in [0.15, 0.2) is 0 Å². The summed E-state index contributed by atoms with van der Waals surface area (Å²) in [5.41, 5.74) is 3.60. The van der Waals surface area contributed by atoms with Crippen molar-refractivity contribution in [2.45, 2.75) is 58.0 Å². The van der Waals surface area contributed by atoms with Crippen LogP contribution in [0.25, 0.3) is 0 Å². The van der Waals surface area contributed by atoms with Gasteiger partial charge in [-0.1, -0.05) is 12.8 Å². The van der Waals surface area contributed by atoms with E-state index in [1.165, 1.54) is 45.1 Å². The number of rotatable bonds is 4. The van der Waals surface area contributed by atoms with Gasteiger partial charge >= 0.3 is 0 Å². The first-order chi connectivity index (χ1) is 9.76. The summed E-state index contributed by atoms with van der Waals surface area (Å²) in [4.78, 5) is 11.6. The second-order valence-corrected chi connectivity index (χ2v) is 6.18. The van der Waals surface area contributed by atoms with E-state index in [0.29, 0.717) is 5.82 Å². The van der Waals surface area contributed by atoms with E-state index >= 15 is 0 Å². The Kier molecular flexibility index (Phi) is 4.17. The maximum absolute atomic E-state index is 5.47. The number of aryl methyl sites for hydroxylation is 1. The molecule has 0 spiro atoms. The summed E-state index contributed by atoms with van der Waals surface area (Å²) in [6.07, 6.45) is 8.30. The lowest BCUT2D eigenvalue weighted by Crippen LogP contribution is -2.34. The van der Waals surface area contributed by atoms with Crippen LogP contribution < -0.4 is 11.3 Å². The van der Waals surface area contributed by atoms with Crippen LogP contribution in [0.5, 0.6) is 0 Å². The van der Waals surface area contributed by atoms with Crippen LogP contribution in [0.1, 0.15) is 50.0 Å². The van der Waals surface area contributed by atoms with Crippen molar-refractivity contribution in [3.8, 4) is 0 Å². The van der Waals surface area contributed by atoms with Gasteiger partial charge in [0.25, 0.3) is 0 Å². The lowest BCUT2D eigenvalue weighted by Gasteiger charge is -2.28. The number of anilines is 1. The lowest BCUT2D eigenvalue weighted by molar-refractivity contribution is 0.179. The Bertz CT molecular complexity index is 456. The highest BCUT2D eigenvalue weighted by Gasteiger charge is 2.33. The Morgan fingerprint density at radius 2 is 2.05 bits per heavy atom. The number of nitrogens with two attached hydrogens (primary N) is 1. The number of hydrazine groups is 1. The molecule has 1 unspecified atom stereocenters. The van der Waals surface area contributed by atoms with Gasteiger partial charge in [0.1, 0.15) is 11.6 Å². The summed E-state index contributed by atoms with van der Waals surface area (Å²) < 4.78 is 0. The molecule has 0 radical (unpaired) electrons. The molecular weight excluding hydrogens is 250 g/mol. The molecule has 3 rings (SSSR count). The Labute approximate surface area is 120 Å².